The summed E-state index contributed by atoms with van der Waals surface area (Å²) in [5.41, 5.74) is 5.78. The maximum atomic E-state index is 5.81. The predicted octanol–water partition coefficient (Wildman–Crippen LogP) is 1.38. The van der Waals surface area contributed by atoms with Gasteiger partial charge in [-0.25, -0.2) is 0 Å². The SMILES string of the molecule is Nc1nncc2ccc(O[C@H]3CCOC3)cc12. The topological polar surface area (TPSA) is 70.3 Å². The van der Waals surface area contributed by atoms with Gasteiger partial charge in [-0.05, 0) is 18.2 Å². The molecule has 5 heteroatoms. The van der Waals surface area contributed by atoms with E-state index in [0.717, 1.165) is 29.5 Å². The summed E-state index contributed by atoms with van der Waals surface area (Å²) in [7, 11) is 0. The van der Waals surface area contributed by atoms with Crippen LogP contribution in [0.2, 0.25) is 0 Å². The fourth-order valence-electron chi connectivity index (χ4n) is 1.95. The van der Waals surface area contributed by atoms with Crippen LogP contribution >= 0.6 is 0 Å². The van der Waals surface area contributed by atoms with Gasteiger partial charge in [0, 0.05) is 17.2 Å². The third kappa shape index (κ3) is 2.01. The summed E-state index contributed by atoms with van der Waals surface area (Å²) < 4.78 is 11.1. The molecule has 1 aliphatic rings. The van der Waals surface area contributed by atoms with E-state index in [1.807, 2.05) is 18.2 Å². The van der Waals surface area contributed by atoms with E-state index < -0.39 is 0 Å². The van der Waals surface area contributed by atoms with Crippen LogP contribution < -0.4 is 10.5 Å². The largest absolute Gasteiger partial charge is 0.488 e. The van der Waals surface area contributed by atoms with Gasteiger partial charge in [-0.1, -0.05) is 0 Å². The van der Waals surface area contributed by atoms with Gasteiger partial charge in [0.1, 0.15) is 11.9 Å². The Hall–Kier alpha value is -1.88. The first kappa shape index (κ1) is 10.3. The minimum Gasteiger partial charge on any atom is -0.488 e. The van der Waals surface area contributed by atoms with Crippen LogP contribution in [0.25, 0.3) is 10.8 Å². The number of ether oxygens (including phenoxy) is 2. The summed E-state index contributed by atoms with van der Waals surface area (Å²) in [4.78, 5) is 0. The van der Waals surface area contributed by atoms with Gasteiger partial charge in [0.25, 0.3) is 0 Å². The van der Waals surface area contributed by atoms with Crippen molar-refractivity contribution in [1.29, 1.82) is 0 Å². The van der Waals surface area contributed by atoms with Gasteiger partial charge < -0.3 is 15.2 Å². The quantitative estimate of drug-likeness (QED) is 0.845. The summed E-state index contributed by atoms with van der Waals surface area (Å²) in [5.74, 6) is 1.23. The highest BCUT2D eigenvalue weighted by Gasteiger charge is 2.17. The van der Waals surface area contributed by atoms with E-state index in [2.05, 4.69) is 10.2 Å². The molecular weight excluding hydrogens is 218 g/mol. The van der Waals surface area contributed by atoms with E-state index >= 15 is 0 Å². The number of hydrogen-bond donors (Lipinski definition) is 1. The maximum Gasteiger partial charge on any atom is 0.154 e. The minimum atomic E-state index is 0.142. The Morgan fingerprint density at radius 2 is 2.35 bits per heavy atom. The molecular formula is C12H13N3O2. The molecule has 0 unspecified atom stereocenters. The molecule has 5 nitrogen and oxygen atoms in total. The molecule has 0 spiro atoms. The molecule has 0 radical (unpaired) electrons. The normalized spacial score (nSPS) is 19.6. The van der Waals surface area contributed by atoms with Gasteiger partial charge in [-0.2, -0.15) is 5.10 Å². The van der Waals surface area contributed by atoms with E-state index in [1.54, 1.807) is 6.20 Å². The van der Waals surface area contributed by atoms with Gasteiger partial charge in [-0.3, -0.25) is 0 Å². The summed E-state index contributed by atoms with van der Waals surface area (Å²) >= 11 is 0. The number of nitrogens with two attached hydrogens (primary N) is 1. The predicted molar refractivity (Wildman–Crippen MR) is 63.8 cm³/mol. The molecule has 1 saturated heterocycles. The molecule has 1 aliphatic heterocycles. The second-order valence-electron chi connectivity index (χ2n) is 4.08. The lowest BCUT2D eigenvalue weighted by molar-refractivity contribution is 0.141. The molecule has 0 saturated carbocycles. The van der Waals surface area contributed by atoms with Crippen molar-refractivity contribution in [2.75, 3.05) is 18.9 Å². The van der Waals surface area contributed by atoms with Gasteiger partial charge in [-0.15, -0.1) is 5.10 Å². The third-order valence-electron chi connectivity index (χ3n) is 2.85. The molecule has 0 bridgehead atoms. The first-order chi connectivity index (χ1) is 8.33. The number of anilines is 1. The third-order valence-corrected chi connectivity index (χ3v) is 2.85. The molecule has 1 aromatic carbocycles. The molecule has 3 rings (SSSR count). The first-order valence-electron chi connectivity index (χ1n) is 5.58. The standard InChI is InChI=1S/C12H13N3O2/c13-12-11-5-9(17-10-3-4-16-7-10)2-1-8(11)6-14-15-12/h1-2,5-6,10H,3-4,7H2,(H2,13,15)/t10-/m0/s1. The van der Waals surface area contributed by atoms with Gasteiger partial charge in [0.05, 0.1) is 19.4 Å². The van der Waals surface area contributed by atoms with E-state index in [4.69, 9.17) is 15.2 Å². The fourth-order valence-corrected chi connectivity index (χ4v) is 1.95. The summed E-state index contributed by atoms with van der Waals surface area (Å²) in [6, 6.07) is 5.75. The van der Waals surface area contributed by atoms with Crippen molar-refractivity contribution >= 4 is 16.6 Å². The van der Waals surface area contributed by atoms with Crippen LogP contribution in [-0.2, 0) is 4.74 Å². The molecule has 2 heterocycles. The zero-order chi connectivity index (χ0) is 11.7. The average molecular weight is 231 g/mol. The summed E-state index contributed by atoms with van der Waals surface area (Å²) in [5, 5.41) is 9.47. The number of aromatic nitrogens is 2. The molecule has 1 aromatic heterocycles. The molecule has 0 aliphatic carbocycles. The Morgan fingerprint density at radius 1 is 1.41 bits per heavy atom. The number of fused-ring (bicyclic) bond motifs is 1. The molecule has 0 amide bonds. The summed E-state index contributed by atoms with van der Waals surface area (Å²) in [6.45, 7) is 1.42. The van der Waals surface area contributed by atoms with Crippen LogP contribution in [0.4, 0.5) is 5.82 Å². The van der Waals surface area contributed by atoms with Crippen molar-refractivity contribution in [2.24, 2.45) is 0 Å². The van der Waals surface area contributed by atoms with Crippen molar-refractivity contribution in [2.45, 2.75) is 12.5 Å². The van der Waals surface area contributed by atoms with Crippen molar-refractivity contribution in [3.63, 3.8) is 0 Å². The Kier molecular flexibility index (Phi) is 2.53. The number of hydrogen-bond acceptors (Lipinski definition) is 5. The second kappa shape index (κ2) is 4.18. The zero-order valence-corrected chi connectivity index (χ0v) is 9.30. The van der Waals surface area contributed by atoms with Crippen molar-refractivity contribution in [3.05, 3.63) is 24.4 Å². The Morgan fingerprint density at radius 3 is 3.18 bits per heavy atom. The van der Waals surface area contributed by atoms with Gasteiger partial charge in [0.15, 0.2) is 5.82 Å². The Labute approximate surface area is 98.5 Å². The van der Waals surface area contributed by atoms with Crippen LogP contribution in [-0.4, -0.2) is 29.5 Å². The van der Waals surface area contributed by atoms with Crippen LogP contribution in [0, 0.1) is 0 Å². The highest BCUT2D eigenvalue weighted by molar-refractivity contribution is 5.90. The molecule has 1 atom stereocenters. The molecule has 88 valence electrons. The zero-order valence-electron chi connectivity index (χ0n) is 9.30. The first-order valence-corrected chi connectivity index (χ1v) is 5.58. The maximum absolute atomic E-state index is 5.81. The van der Waals surface area contributed by atoms with Gasteiger partial charge in [0.2, 0.25) is 0 Å². The fraction of sp³-hybridized carbons (Fsp3) is 0.333. The monoisotopic (exact) mass is 231 g/mol. The van der Waals surface area contributed by atoms with E-state index in [-0.39, 0.29) is 6.10 Å². The Bertz CT molecular complexity index is 538. The number of nitrogen functional groups attached to an aromatic ring is 1. The molecule has 1 fully saturated rings. The van der Waals surface area contributed by atoms with Crippen LogP contribution in [0.1, 0.15) is 6.42 Å². The van der Waals surface area contributed by atoms with Crippen molar-refractivity contribution in [1.82, 2.24) is 10.2 Å². The van der Waals surface area contributed by atoms with Crippen LogP contribution in [0.15, 0.2) is 24.4 Å². The lowest BCUT2D eigenvalue weighted by atomic mass is 10.2. The number of benzene rings is 1. The molecule has 2 N–H and O–H groups in total. The minimum absolute atomic E-state index is 0.142. The lowest BCUT2D eigenvalue weighted by Crippen LogP contribution is -2.15. The average Bonchev–Trinajstić information content (AvgIpc) is 2.83. The van der Waals surface area contributed by atoms with Crippen LogP contribution in [0.3, 0.4) is 0 Å². The highest BCUT2D eigenvalue weighted by Crippen LogP contribution is 2.25. The smallest absolute Gasteiger partial charge is 0.154 e. The van der Waals surface area contributed by atoms with E-state index in [0.29, 0.717) is 12.4 Å². The second-order valence-corrected chi connectivity index (χ2v) is 4.08. The lowest BCUT2D eigenvalue weighted by Gasteiger charge is -2.12. The highest BCUT2D eigenvalue weighted by atomic mass is 16.5. The van der Waals surface area contributed by atoms with E-state index in [1.165, 1.54) is 0 Å². The van der Waals surface area contributed by atoms with Crippen molar-refractivity contribution < 1.29 is 9.47 Å². The van der Waals surface area contributed by atoms with Crippen LogP contribution in [0.5, 0.6) is 5.75 Å². The van der Waals surface area contributed by atoms with Gasteiger partial charge >= 0.3 is 0 Å². The molecule has 17 heavy (non-hydrogen) atoms. The number of rotatable bonds is 2. The van der Waals surface area contributed by atoms with E-state index in [9.17, 15) is 0 Å². The van der Waals surface area contributed by atoms with Crippen molar-refractivity contribution in [3.8, 4) is 5.75 Å². The Balaban J connectivity index is 1.92. The molecule has 2 aromatic rings. The summed E-state index contributed by atoms with van der Waals surface area (Å²) in [6.07, 6.45) is 2.76. The number of nitrogens with zero attached hydrogens (tertiary/aromatic N) is 2.